The molecule has 0 saturated carbocycles. The van der Waals surface area contributed by atoms with Gasteiger partial charge in [0.15, 0.2) is 0 Å². The lowest BCUT2D eigenvalue weighted by Crippen LogP contribution is -2.34. The van der Waals surface area contributed by atoms with Crippen LogP contribution in [0.25, 0.3) is 0 Å². The van der Waals surface area contributed by atoms with E-state index in [1.165, 1.54) is 19.3 Å². The van der Waals surface area contributed by atoms with Crippen LogP contribution in [0.2, 0.25) is 0 Å². The van der Waals surface area contributed by atoms with E-state index in [-0.39, 0.29) is 0 Å². The first kappa shape index (κ1) is 12.0. The van der Waals surface area contributed by atoms with E-state index in [0.717, 1.165) is 17.9 Å². The lowest BCUT2D eigenvalue weighted by Gasteiger charge is -2.26. The molecule has 0 radical (unpaired) electrons. The number of rotatable bonds is 6. The van der Waals surface area contributed by atoms with E-state index >= 15 is 0 Å². The van der Waals surface area contributed by atoms with E-state index in [2.05, 4.69) is 40.1 Å². The highest BCUT2D eigenvalue weighted by Crippen LogP contribution is 2.18. The Morgan fingerprint density at radius 1 is 1.08 bits per heavy atom. The van der Waals surface area contributed by atoms with Gasteiger partial charge < -0.3 is 5.32 Å². The summed E-state index contributed by atoms with van der Waals surface area (Å²) in [6.45, 7) is 9.18. The summed E-state index contributed by atoms with van der Waals surface area (Å²) in [7, 11) is 2.09. The van der Waals surface area contributed by atoms with Crippen LogP contribution in [0.3, 0.4) is 0 Å². The van der Waals surface area contributed by atoms with Crippen molar-refractivity contribution in [1.82, 2.24) is 5.32 Å². The topological polar surface area (TPSA) is 12.0 Å². The maximum absolute atomic E-state index is 3.44. The second-order valence-corrected chi connectivity index (χ2v) is 4.10. The summed E-state index contributed by atoms with van der Waals surface area (Å²) in [6, 6.07) is 0.722. The highest BCUT2D eigenvalue weighted by Gasteiger charge is 2.17. The molecule has 12 heavy (non-hydrogen) atoms. The van der Waals surface area contributed by atoms with E-state index < -0.39 is 0 Å². The van der Waals surface area contributed by atoms with Crippen molar-refractivity contribution in [3.8, 4) is 0 Å². The quantitative estimate of drug-likeness (QED) is 0.647. The Morgan fingerprint density at radius 3 is 1.83 bits per heavy atom. The Morgan fingerprint density at radius 2 is 1.58 bits per heavy atom. The third-order valence-electron chi connectivity index (χ3n) is 2.71. The van der Waals surface area contributed by atoms with Gasteiger partial charge in [0.1, 0.15) is 0 Å². The van der Waals surface area contributed by atoms with Crippen molar-refractivity contribution in [1.29, 1.82) is 0 Å². The second-order valence-electron chi connectivity index (χ2n) is 4.10. The van der Waals surface area contributed by atoms with Crippen LogP contribution in [-0.4, -0.2) is 13.1 Å². The molecule has 0 aromatic heterocycles. The Hall–Kier alpha value is -0.0400. The molecule has 0 spiro atoms. The first-order valence-electron chi connectivity index (χ1n) is 5.32. The SMILES string of the molecule is CCC(CC)C(CC(C)C)NC. The Balaban J connectivity index is 3.92. The molecule has 1 unspecified atom stereocenters. The lowest BCUT2D eigenvalue weighted by atomic mass is 9.88. The van der Waals surface area contributed by atoms with Gasteiger partial charge in [0.05, 0.1) is 0 Å². The molecule has 0 heterocycles. The van der Waals surface area contributed by atoms with Gasteiger partial charge in [-0.25, -0.2) is 0 Å². The molecule has 0 aliphatic carbocycles. The van der Waals surface area contributed by atoms with Crippen LogP contribution in [0.4, 0.5) is 0 Å². The van der Waals surface area contributed by atoms with Gasteiger partial charge in [0.25, 0.3) is 0 Å². The minimum absolute atomic E-state index is 0.722. The van der Waals surface area contributed by atoms with E-state index in [0.29, 0.717) is 0 Å². The van der Waals surface area contributed by atoms with Gasteiger partial charge in [-0.2, -0.15) is 0 Å². The van der Waals surface area contributed by atoms with Crippen molar-refractivity contribution in [2.45, 2.75) is 53.0 Å². The molecule has 0 aromatic carbocycles. The highest BCUT2D eigenvalue weighted by atomic mass is 14.9. The van der Waals surface area contributed by atoms with Crippen molar-refractivity contribution < 1.29 is 0 Å². The maximum atomic E-state index is 3.44. The first-order valence-corrected chi connectivity index (χ1v) is 5.32. The standard InChI is InChI=1S/C11H25N/c1-6-10(7-2)11(12-5)8-9(3)4/h9-12H,6-8H2,1-5H3. The van der Waals surface area contributed by atoms with Gasteiger partial charge in [-0.3, -0.25) is 0 Å². The van der Waals surface area contributed by atoms with E-state index in [4.69, 9.17) is 0 Å². The number of hydrogen-bond acceptors (Lipinski definition) is 1. The zero-order valence-corrected chi connectivity index (χ0v) is 9.35. The average Bonchev–Trinajstić information content (AvgIpc) is 2.04. The van der Waals surface area contributed by atoms with Crippen molar-refractivity contribution in [2.24, 2.45) is 11.8 Å². The number of nitrogens with one attached hydrogen (secondary N) is 1. The molecule has 0 bridgehead atoms. The van der Waals surface area contributed by atoms with Crippen LogP contribution in [0.15, 0.2) is 0 Å². The molecule has 0 aromatic rings. The van der Waals surface area contributed by atoms with Gasteiger partial charge >= 0.3 is 0 Å². The summed E-state index contributed by atoms with van der Waals surface area (Å²) in [5, 5.41) is 3.44. The van der Waals surface area contributed by atoms with E-state index in [9.17, 15) is 0 Å². The van der Waals surface area contributed by atoms with Crippen molar-refractivity contribution >= 4 is 0 Å². The Kier molecular flexibility index (Phi) is 6.45. The van der Waals surface area contributed by atoms with Crippen LogP contribution in [-0.2, 0) is 0 Å². The smallest absolute Gasteiger partial charge is 0.00945 e. The predicted octanol–water partition coefficient (Wildman–Crippen LogP) is 3.06. The number of hydrogen-bond donors (Lipinski definition) is 1. The van der Waals surface area contributed by atoms with Crippen molar-refractivity contribution in [3.05, 3.63) is 0 Å². The summed E-state index contributed by atoms with van der Waals surface area (Å²) in [4.78, 5) is 0. The zero-order chi connectivity index (χ0) is 9.56. The van der Waals surface area contributed by atoms with Crippen LogP contribution in [0.1, 0.15) is 47.0 Å². The van der Waals surface area contributed by atoms with E-state index in [1.807, 2.05) is 0 Å². The molecule has 74 valence electrons. The Labute approximate surface area is 77.9 Å². The summed E-state index contributed by atoms with van der Waals surface area (Å²) in [6.07, 6.45) is 3.91. The van der Waals surface area contributed by atoms with Gasteiger partial charge in [-0.05, 0) is 25.3 Å². The van der Waals surface area contributed by atoms with Crippen LogP contribution < -0.4 is 5.32 Å². The minimum atomic E-state index is 0.722. The molecule has 0 amide bonds. The summed E-state index contributed by atoms with van der Waals surface area (Å²) in [5.41, 5.74) is 0. The fourth-order valence-electron chi connectivity index (χ4n) is 1.91. The Bertz CT molecular complexity index is 95.2. The second kappa shape index (κ2) is 6.47. The molecule has 1 heteroatoms. The first-order chi connectivity index (χ1) is 5.65. The fraction of sp³-hybridized carbons (Fsp3) is 1.00. The average molecular weight is 171 g/mol. The molecule has 1 nitrogen and oxygen atoms in total. The normalized spacial score (nSPS) is 14.2. The summed E-state index contributed by atoms with van der Waals surface area (Å²) in [5.74, 6) is 1.67. The minimum Gasteiger partial charge on any atom is -0.317 e. The van der Waals surface area contributed by atoms with Crippen LogP contribution >= 0.6 is 0 Å². The van der Waals surface area contributed by atoms with Crippen molar-refractivity contribution in [2.75, 3.05) is 7.05 Å². The zero-order valence-electron chi connectivity index (χ0n) is 9.35. The molecular formula is C11H25N. The summed E-state index contributed by atoms with van der Waals surface area (Å²) >= 11 is 0. The molecule has 0 aliphatic rings. The molecule has 1 atom stereocenters. The van der Waals surface area contributed by atoms with Crippen molar-refractivity contribution in [3.63, 3.8) is 0 Å². The lowest BCUT2D eigenvalue weighted by molar-refractivity contribution is 0.305. The molecule has 0 aliphatic heterocycles. The largest absolute Gasteiger partial charge is 0.317 e. The fourth-order valence-corrected chi connectivity index (χ4v) is 1.91. The third-order valence-corrected chi connectivity index (χ3v) is 2.71. The van der Waals surface area contributed by atoms with E-state index in [1.54, 1.807) is 0 Å². The van der Waals surface area contributed by atoms with Gasteiger partial charge in [0.2, 0.25) is 0 Å². The van der Waals surface area contributed by atoms with Gasteiger partial charge in [-0.15, -0.1) is 0 Å². The molecule has 1 N–H and O–H groups in total. The van der Waals surface area contributed by atoms with Gasteiger partial charge in [-0.1, -0.05) is 40.5 Å². The van der Waals surface area contributed by atoms with Crippen LogP contribution in [0.5, 0.6) is 0 Å². The third kappa shape index (κ3) is 4.10. The summed E-state index contributed by atoms with van der Waals surface area (Å²) < 4.78 is 0. The molecular weight excluding hydrogens is 146 g/mol. The highest BCUT2D eigenvalue weighted by molar-refractivity contribution is 4.74. The van der Waals surface area contributed by atoms with Gasteiger partial charge in [0, 0.05) is 6.04 Å². The predicted molar refractivity (Wildman–Crippen MR) is 56.4 cm³/mol. The molecule has 0 fully saturated rings. The monoisotopic (exact) mass is 171 g/mol. The molecule has 0 saturated heterocycles. The van der Waals surface area contributed by atoms with Crippen LogP contribution in [0, 0.1) is 11.8 Å². The maximum Gasteiger partial charge on any atom is 0.00945 e. The molecule has 0 rings (SSSR count).